The Labute approximate surface area is 102 Å². The molecule has 0 saturated heterocycles. The van der Waals surface area contributed by atoms with E-state index in [1.54, 1.807) is 12.1 Å². The van der Waals surface area contributed by atoms with Gasteiger partial charge in [0.2, 0.25) is 0 Å². The van der Waals surface area contributed by atoms with Crippen molar-refractivity contribution in [3.63, 3.8) is 0 Å². The van der Waals surface area contributed by atoms with Crippen LogP contribution in [0.1, 0.15) is 19.8 Å². The number of hydrogen-bond donors (Lipinski definition) is 2. The molecule has 1 unspecified atom stereocenters. The third-order valence-electron chi connectivity index (χ3n) is 2.45. The molecule has 2 N–H and O–H groups in total. The molecule has 0 saturated carbocycles. The first kappa shape index (κ1) is 13.9. The Morgan fingerprint density at radius 1 is 1.35 bits per heavy atom. The first-order chi connectivity index (χ1) is 8.26. The second kappa shape index (κ2) is 8.03. The van der Waals surface area contributed by atoms with Gasteiger partial charge in [-0.2, -0.15) is 0 Å². The van der Waals surface area contributed by atoms with Gasteiger partial charge in [0.1, 0.15) is 11.6 Å². The monoisotopic (exact) mass is 241 g/mol. The fourth-order valence-electron chi connectivity index (χ4n) is 1.46. The van der Waals surface area contributed by atoms with Crippen LogP contribution in [-0.4, -0.2) is 30.9 Å². The van der Waals surface area contributed by atoms with Gasteiger partial charge in [0.15, 0.2) is 0 Å². The lowest BCUT2D eigenvalue weighted by Gasteiger charge is -2.16. The lowest BCUT2D eigenvalue weighted by atomic mass is 10.2. The Hall–Kier alpha value is -1.13. The van der Waals surface area contributed by atoms with E-state index in [4.69, 9.17) is 9.84 Å². The van der Waals surface area contributed by atoms with Crippen LogP contribution in [0.3, 0.4) is 0 Å². The van der Waals surface area contributed by atoms with E-state index in [-0.39, 0.29) is 18.5 Å². The summed E-state index contributed by atoms with van der Waals surface area (Å²) in [5, 5.41) is 12.3. The van der Waals surface area contributed by atoms with Gasteiger partial charge >= 0.3 is 0 Å². The summed E-state index contributed by atoms with van der Waals surface area (Å²) >= 11 is 0. The molecular weight excluding hydrogens is 221 g/mol. The summed E-state index contributed by atoms with van der Waals surface area (Å²) in [7, 11) is 0. The van der Waals surface area contributed by atoms with Gasteiger partial charge in [-0.3, -0.25) is 0 Å². The number of nitrogens with one attached hydrogen (secondary N) is 1. The van der Waals surface area contributed by atoms with E-state index in [1.807, 2.05) is 0 Å². The van der Waals surface area contributed by atoms with Crippen molar-refractivity contribution in [1.29, 1.82) is 0 Å². The van der Waals surface area contributed by atoms with Gasteiger partial charge in [0.05, 0.1) is 13.2 Å². The molecule has 0 bridgehead atoms. The molecule has 1 atom stereocenters. The average molecular weight is 241 g/mol. The van der Waals surface area contributed by atoms with Gasteiger partial charge in [-0.05, 0) is 43.7 Å². The van der Waals surface area contributed by atoms with Crippen molar-refractivity contribution in [2.45, 2.75) is 25.8 Å². The van der Waals surface area contributed by atoms with Gasteiger partial charge in [0, 0.05) is 6.04 Å². The molecule has 1 aromatic carbocycles. The second-order valence-electron chi connectivity index (χ2n) is 3.92. The molecule has 0 radical (unpaired) electrons. The van der Waals surface area contributed by atoms with Crippen LogP contribution in [0.15, 0.2) is 24.3 Å². The van der Waals surface area contributed by atoms with E-state index in [9.17, 15) is 4.39 Å². The topological polar surface area (TPSA) is 41.5 Å². The second-order valence-corrected chi connectivity index (χ2v) is 3.92. The van der Waals surface area contributed by atoms with Crippen molar-refractivity contribution in [3.05, 3.63) is 30.1 Å². The summed E-state index contributed by atoms with van der Waals surface area (Å²) in [6.45, 7) is 3.58. The van der Waals surface area contributed by atoms with Crippen LogP contribution in [-0.2, 0) is 0 Å². The SMILES string of the molecule is CCCNC(CO)CCOc1ccc(F)cc1. The van der Waals surface area contributed by atoms with E-state index in [2.05, 4.69) is 12.2 Å². The Morgan fingerprint density at radius 3 is 2.65 bits per heavy atom. The third kappa shape index (κ3) is 5.65. The number of aliphatic hydroxyl groups is 1. The molecule has 4 heteroatoms. The molecule has 0 aliphatic rings. The highest BCUT2D eigenvalue weighted by Crippen LogP contribution is 2.11. The quantitative estimate of drug-likeness (QED) is 0.731. The minimum atomic E-state index is -0.268. The summed E-state index contributed by atoms with van der Waals surface area (Å²) in [5.74, 6) is 0.383. The maximum atomic E-state index is 12.6. The molecule has 0 aliphatic heterocycles. The third-order valence-corrected chi connectivity index (χ3v) is 2.45. The Bertz CT molecular complexity index is 303. The standard InChI is InChI=1S/C13H20FNO2/c1-2-8-15-12(10-16)7-9-17-13-5-3-11(14)4-6-13/h3-6,12,15-16H,2,7-10H2,1H3. The van der Waals surface area contributed by atoms with Crippen molar-refractivity contribution in [2.75, 3.05) is 19.8 Å². The van der Waals surface area contributed by atoms with E-state index < -0.39 is 0 Å². The first-order valence-corrected chi connectivity index (χ1v) is 5.99. The first-order valence-electron chi connectivity index (χ1n) is 5.99. The molecule has 3 nitrogen and oxygen atoms in total. The molecule has 0 aliphatic carbocycles. The molecule has 0 heterocycles. The van der Waals surface area contributed by atoms with Crippen molar-refractivity contribution in [1.82, 2.24) is 5.32 Å². The maximum absolute atomic E-state index is 12.6. The largest absolute Gasteiger partial charge is 0.494 e. The number of hydrogen-bond acceptors (Lipinski definition) is 3. The minimum absolute atomic E-state index is 0.0652. The van der Waals surface area contributed by atoms with Gasteiger partial charge in [-0.25, -0.2) is 4.39 Å². The van der Waals surface area contributed by atoms with Crippen molar-refractivity contribution < 1.29 is 14.2 Å². The highest BCUT2D eigenvalue weighted by atomic mass is 19.1. The van der Waals surface area contributed by atoms with E-state index in [1.165, 1.54) is 12.1 Å². The maximum Gasteiger partial charge on any atom is 0.123 e. The van der Waals surface area contributed by atoms with E-state index in [0.29, 0.717) is 12.4 Å². The molecule has 0 spiro atoms. The van der Waals surface area contributed by atoms with Gasteiger partial charge in [0.25, 0.3) is 0 Å². The zero-order chi connectivity index (χ0) is 12.5. The fraction of sp³-hybridized carbons (Fsp3) is 0.538. The highest BCUT2D eigenvalue weighted by Gasteiger charge is 2.05. The molecule has 0 fully saturated rings. The number of aliphatic hydroxyl groups excluding tert-OH is 1. The molecule has 17 heavy (non-hydrogen) atoms. The minimum Gasteiger partial charge on any atom is -0.494 e. The average Bonchev–Trinajstić information content (AvgIpc) is 2.36. The van der Waals surface area contributed by atoms with Gasteiger partial charge in [-0.1, -0.05) is 6.92 Å². The highest BCUT2D eigenvalue weighted by molar-refractivity contribution is 5.21. The summed E-state index contributed by atoms with van der Waals surface area (Å²) in [4.78, 5) is 0. The van der Waals surface area contributed by atoms with E-state index in [0.717, 1.165) is 19.4 Å². The number of ether oxygens (including phenoxy) is 1. The zero-order valence-corrected chi connectivity index (χ0v) is 10.2. The number of halogens is 1. The molecule has 0 aromatic heterocycles. The van der Waals surface area contributed by atoms with Crippen LogP contribution in [0.4, 0.5) is 4.39 Å². The molecule has 0 amide bonds. The van der Waals surface area contributed by atoms with Crippen molar-refractivity contribution in [3.8, 4) is 5.75 Å². The van der Waals surface area contributed by atoms with Crippen molar-refractivity contribution in [2.24, 2.45) is 0 Å². The molecule has 1 rings (SSSR count). The summed E-state index contributed by atoms with van der Waals surface area (Å²) in [6.07, 6.45) is 1.77. The van der Waals surface area contributed by atoms with Gasteiger partial charge < -0.3 is 15.2 Å². The molecular formula is C13H20FNO2. The van der Waals surface area contributed by atoms with Crippen LogP contribution in [0, 0.1) is 5.82 Å². The summed E-state index contributed by atoms with van der Waals surface area (Å²) in [6, 6.07) is 6.00. The predicted molar refractivity (Wildman–Crippen MR) is 65.7 cm³/mol. The fourth-order valence-corrected chi connectivity index (χ4v) is 1.46. The van der Waals surface area contributed by atoms with Crippen LogP contribution < -0.4 is 10.1 Å². The molecule has 1 aromatic rings. The van der Waals surface area contributed by atoms with Crippen LogP contribution in [0.25, 0.3) is 0 Å². The lowest BCUT2D eigenvalue weighted by Crippen LogP contribution is -2.34. The van der Waals surface area contributed by atoms with Crippen LogP contribution in [0.5, 0.6) is 5.75 Å². The zero-order valence-electron chi connectivity index (χ0n) is 10.2. The summed E-state index contributed by atoms with van der Waals surface area (Å²) in [5.41, 5.74) is 0. The Balaban J connectivity index is 2.23. The van der Waals surface area contributed by atoms with Gasteiger partial charge in [-0.15, -0.1) is 0 Å². The van der Waals surface area contributed by atoms with E-state index >= 15 is 0 Å². The Morgan fingerprint density at radius 2 is 2.06 bits per heavy atom. The van der Waals surface area contributed by atoms with Crippen LogP contribution in [0.2, 0.25) is 0 Å². The predicted octanol–water partition coefficient (Wildman–Crippen LogP) is 1.96. The lowest BCUT2D eigenvalue weighted by molar-refractivity contribution is 0.209. The van der Waals surface area contributed by atoms with Crippen molar-refractivity contribution >= 4 is 0 Å². The number of benzene rings is 1. The Kier molecular flexibility index (Phi) is 6.58. The smallest absolute Gasteiger partial charge is 0.123 e. The number of rotatable bonds is 8. The summed E-state index contributed by atoms with van der Waals surface area (Å²) < 4.78 is 18.1. The van der Waals surface area contributed by atoms with Crippen LogP contribution >= 0.6 is 0 Å². The molecule has 96 valence electrons. The normalized spacial score (nSPS) is 12.4.